The van der Waals surface area contributed by atoms with Crippen LogP contribution in [0.4, 0.5) is 10.5 Å². The van der Waals surface area contributed by atoms with Crippen LogP contribution in [-0.2, 0) is 6.54 Å². The van der Waals surface area contributed by atoms with Gasteiger partial charge in [-0.1, -0.05) is 12.1 Å². The standard InChI is InChI=1S/C14H22N4O/c1-18-7-5-12(6-8-18)16-14(19)17-13-4-2-3-11(9-13)10-15/h2-4,9,12H,5-8,10,15H2,1H3,(H2,16,17,19). The summed E-state index contributed by atoms with van der Waals surface area (Å²) in [6.07, 6.45) is 2.01. The van der Waals surface area contributed by atoms with E-state index in [4.69, 9.17) is 5.73 Å². The number of hydrogen-bond acceptors (Lipinski definition) is 3. The van der Waals surface area contributed by atoms with Gasteiger partial charge in [-0.2, -0.15) is 0 Å². The van der Waals surface area contributed by atoms with E-state index in [9.17, 15) is 4.79 Å². The minimum absolute atomic E-state index is 0.135. The Bertz CT molecular complexity index is 427. The Kier molecular flexibility index (Phi) is 4.76. The molecule has 0 unspecified atom stereocenters. The van der Waals surface area contributed by atoms with Crippen LogP contribution in [0.25, 0.3) is 0 Å². The van der Waals surface area contributed by atoms with Crippen LogP contribution in [0, 0.1) is 0 Å². The maximum atomic E-state index is 11.9. The monoisotopic (exact) mass is 262 g/mol. The number of amides is 2. The second-order valence-electron chi connectivity index (χ2n) is 5.08. The smallest absolute Gasteiger partial charge is 0.319 e. The number of carbonyl (C=O) groups is 1. The number of hydrogen-bond donors (Lipinski definition) is 3. The van der Waals surface area contributed by atoms with E-state index in [1.54, 1.807) is 0 Å². The average Bonchev–Trinajstić information content (AvgIpc) is 2.41. The van der Waals surface area contributed by atoms with E-state index in [2.05, 4.69) is 22.6 Å². The van der Waals surface area contributed by atoms with E-state index in [1.165, 1.54) is 0 Å². The lowest BCUT2D eigenvalue weighted by molar-refractivity contribution is 0.221. The van der Waals surface area contributed by atoms with Gasteiger partial charge in [-0.15, -0.1) is 0 Å². The first kappa shape index (κ1) is 13.8. The number of piperidine rings is 1. The zero-order valence-electron chi connectivity index (χ0n) is 11.4. The SMILES string of the molecule is CN1CCC(NC(=O)Nc2cccc(CN)c2)CC1. The lowest BCUT2D eigenvalue weighted by atomic mass is 10.1. The Labute approximate surface area is 114 Å². The number of carbonyl (C=O) groups excluding carboxylic acids is 1. The van der Waals surface area contributed by atoms with Gasteiger partial charge in [-0.3, -0.25) is 0 Å². The third-order valence-corrected chi connectivity index (χ3v) is 3.47. The predicted octanol–water partition coefficient (Wildman–Crippen LogP) is 1.36. The number of benzene rings is 1. The van der Waals surface area contributed by atoms with Crippen LogP contribution < -0.4 is 16.4 Å². The summed E-state index contributed by atoms with van der Waals surface area (Å²) < 4.78 is 0. The summed E-state index contributed by atoms with van der Waals surface area (Å²) in [5, 5.41) is 5.87. The van der Waals surface area contributed by atoms with E-state index < -0.39 is 0 Å². The highest BCUT2D eigenvalue weighted by molar-refractivity contribution is 5.89. The molecule has 5 nitrogen and oxygen atoms in total. The van der Waals surface area contributed by atoms with Crippen molar-refractivity contribution in [3.8, 4) is 0 Å². The highest BCUT2D eigenvalue weighted by Gasteiger charge is 2.18. The lowest BCUT2D eigenvalue weighted by Gasteiger charge is -2.29. The molecule has 0 saturated carbocycles. The van der Waals surface area contributed by atoms with E-state index in [-0.39, 0.29) is 12.1 Å². The first-order valence-electron chi connectivity index (χ1n) is 6.72. The molecule has 0 aromatic heterocycles. The van der Waals surface area contributed by atoms with Gasteiger partial charge in [0.1, 0.15) is 0 Å². The molecule has 1 aromatic rings. The molecule has 0 bridgehead atoms. The van der Waals surface area contributed by atoms with Crippen molar-refractivity contribution in [2.75, 3.05) is 25.5 Å². The highest BCUT2D eigenvalue weighted by atomic mass is 16.2. The molecule has 0 radical (unpaired) electrons. The van der Waals surface area contributed by atoms with Gasteiger partial charge in [-0.05, 0) is 50.7 Å². The molecule has 2 rings (SSSR count). The normalized spacial score (nSPS) is 17.2. The van der Waals surface area contributed by atoms with Gasteiger partial charge in [0.2, 0.25) is 0 Å². The Morgan fingerprint density at radius 2 is 2.16 bits per heavy atom. The van der Waals surface area contributed by atoms with Gasteiger partial charge in [0.25, 0.3) is 0 Å². The van der Waals surface area contributed by atoms with Gasteiger partial charge in [0.05, 0.1) is 0 Å². The number of nitrogens with two attached hydrogens (primary N) is 1. The van der Waals surface area contributed by atoms with Crippen molar-refractivity contribution < 1.29 is 4.79 Å². The molecule has 0 aliphatic carbocycles. The summed E-state index contributed by atoms with van der Waals surface area (Å²) in [5.74, 6) is 0. The van der Waals surface area contributed by atoms with Crippen molar-refractivity contribution in [3.05, 3.63) is 29.8 Å². The largest absolute Gasteiger partial charge is 0.335 e. The molecule has 1 saturated heterocycles. The fourth-order valence-electron chi connectivity index (χ4n) is 2.28. The molecule has 2 amide bonds. The van der Waals surface area contributed by atoms with E-state index in [1.807, 2.05) is 24.3 Å². The molecular weight excluding hydrogens is 240 g/mol. The molecule has 1 heterocycles. The van der Waals surface area contributed by atoms with Gasteiger partial charge in [0, 0.05) is 18.3 Å². The molecule has 19 heavy (non-hydrogen) atoms. The second-order valence-corrected chi connectivity index (χ2v) is 5.08. The van der Waals surface area contributed by atoms with Crippen molar-refractivity contribution in [1.29, 1.82) is 0 Å². The van der Waals surface area contributed by atoms with Crippen LogP contribution in [-0.4, -0.2) is 37.1 Å². The number of nitrogens with one attached hydrogen (secondary N) is 2. The molecule has 0 spiro atoms. The van der Waals surface area contributed by atoms with Crippen LogP contribution >= 0.6 is 0 Å². The van der Waals surface area contributed by atoms with Crippen molar-refractivity contribution in [2.45, 2.75) is 25.4 Å². The van der Waals surface area contributed by atoms with Gasteiger partial charge in [-0.25, -0.2) is 4.79 Å². The maximum absolute atomic E-state index is 11.9. The van der Waals surface area contributed by atoms with E-state index >= 15 is 0 Å². The number of anilines is 1. The Hall–Kier alpha value is -1.59. The summed E-state index contributed by atoms with van der Waals surface area (Å²) >= 11 is 0. The average molecular weight is 262 g/mol. The zero-order chi connectivity index (χ0) is 13.7. The Morgan fingerprint density at radius 1 is 1.42 bits per heavy atom. The van der Waals surface area contributed by atoms with Crippen molar-refractivity contribution in [3.63, 3.8) is 0 Å². The maximum Gasteiger partial charge on any atom is 0.319 e. The highest BCUT2D eigenvalue weighted by Crippen LogP contribution is 2.11. The fourth-order valence-corrected chi connectivity index (χ4v) is 2.28. The molecule has 104 valence electrons. The van der Waals surface area contributed by atoms with Crippen LogP contribution in [0.2, 0.25) is 0 Å². The minimum Gasteiger partial charge on any atom is -0.335 e. The quantitative estimate of drug-likeness (QED) is 0.770. The van der Waals surface area contributed by atoms with Gasteiger partial charge in [0.15, 0.2) is 0 Å². The van der Waals surface area contributed by atoms with Crippen molar-refractivity contribution in [2.24, 2.45) is 5.73 Å². The van der Waals surface area contributed by atoms with Crippen LogP contribution in [0.3, 0.4) is 0 Å². The third kappa shape index (κ3) is 4.22. The first-order valence-corrected chi connectivity index (χ1v) is 6.72. The Balaban J connectivity index is 1.83. The van der Waals surface area contributed by atoms with Crippen molar-refractivity contribution >= 4 is 11.7 Å². The van der Waals surface area contributed by atoms with Crippen LogP contribution in [0.5, 0.6) is 0 Å². The molecule has 1 aromatic carbocycles. The second kappa shape index (κ2) is 6.54. The fraction of sp³-hybridized carbons (Fsp3) is 0.500. The molecule has 1 fully saturated rings. The summed E-state index contributed by atoms with van der Waals surface area (Å²) in [6, 6.07) is 7.74. The third-order valence-electron chi connectivity index (χ3n) is 3.47. The molecular formula is C14H22N4O. The number of rotatable bonds is 3. The minimum atomic E-state index is -0.135. The summed E-state index contributed by atoms with van der Waals surface area (Å²) in [6.45, 7) is 2.55. The summed E-state index contributed by atoms with van der Waals surface area (Å²) in [4.78, 5) is 14.2. The summed E-state index contributed by atoms with van der Waals surface area (Å²) in [7, 11) is 2.11. The number of urea groups is 1. The molecule has 0 atom stereocenters. The number of nitrogens with zero attached hydrogens (tertiary/aromatic N) is 1. The first-order chi connectivity index (χ1) is 9.17. The zero-order valence-corrected chi connectivity index (χ0v) is 11.4. The predicted molar refractivity (Wildman–Crippen MR) is 77.0 cm³/mol. The van der Waals surface area contributed by atoms with E-state index in [0.29, 0.717) is 6.54 Å². The molecule has 1 aliphatic rings. The van der Waals surface area contributed by atoms with Gasteiger partial charge >= 0.3 is 6.03 Å². The lowest BCUT2D eigenvalue weighted by Crippen LogP contribution is -2.44. The van der Waals surface area contributed by atoms with Crippen LogP contribution in [0.15, 0.2) is 24.3 Å². The summed E-state index contributed by atoms with van der Waals surface area (Å²) in [5.41, 5.74) is 7.38. The van der Waals surface area contributed by atoms with Crippen molar-refractivity contribution in [1.82, 2.24) is 10.2 Å². The molecule has 4 N–H and O–H groups in total. The van der Waals surface area contributed by atoms with Crippen LogP contribution in [0.1, 0.15) is 18.4 Å². The van der Waals surface area contributed by atoms with Gasteiger partial charge < -0.3 is 21.3 Å². The molecule has 1 aliphatic heterocycles. The topological polar surface area (TPSA) is 70.4 Å². The Morgan fingerprint density at radius 3 is 2.84 bits per heavy atom. The molecule has 5 heteroatoms. The number of likely N-dealkylation sites (tertiary alicyclic amines) is 1. The van der Waals surface area contributed by atoms with E-state index in [0.717, 1.165) is 37.2 Å².